The smallest absolute Gasteiger partial charge is 0.276 e. The van der Waals surface area contributed by atoms with E-state index in [4.69, 9.17) is 0 Å². The fourth-order valence-electron chi connectivity index (χ4n) is 1.18. The van der Waals surface area contributed by atoms with Gasteiger partial charge in [-0.15, -0.1) is 0 Å². The zero-order chi connectivity index (χ0) is 9.42. The lowest BCUT2D eigenvalue weighted by Crippen LogP contribution is -2.07. The van der Waals surface area contributed by atoms with Crippen molar-refractivity contribution in [2.24, 2.45) is 7.05 Å². The standard InChI is InChI=1S/C7H8N4OS/c1-11-5-4(6(12)10-9-5)3-8-7(11)13-2/h3H,1-2H3,(H,10,12). The molecule has 0 spiro atoms. The maximum atomic E-state index is 11.2. The first-order valence-electron chi connectivity index (χ1n) is 3.68. The fourth-order valence-corrected chi connectivity index (χ4v) is 1.70. The number of rotatable bonds is 1. The van der Waals surface area contributed by atoms with Crippen LogP contribution in [0.5, 0.6) is 0 Å². The Hall–Kier alpha value is -1.30. The van der Waals surface area contributed by atoms with Crippen LogP contribution < -0.4 is 5.56 Å². The molecule has 1 N–H and O–H groups in total. The maximum Gasteiger partial charge on any atom is 0.276 e. The highest BCUT2D eigenvalue weighted by atomic mass is 32.2. The second-order valence-electron chi connectivity index (χ2n) is 2.59. The molecule has 0 atom stereocenters. The summed E-state index contributed by atoms with van der Waals surface area (Å²) in [7, 11) is 1.83. The summed E-state index contributed by atoms with van der Waals surface area (Å²) in [5.41, 5.74) is 0.339. The Kier molecular flexibility index (Phi) is 1.84. The van der Waals surface area contributed by atoms with Crippen LogP contribution in [0, 0.1) is 0 Å². The summed E-state index contributed by atoms with van der Waals surface area (Å²) >= 11 is 1.52. The molecule has 0 bridgehead atoms. The number of nitrogens with zero attached hydrogens (tertiary/aromatic N) is 3. The third-order valence-electron chi connectivity index (χ3n) is 1.84. The molecule has 2 heterocycles. The average Bonchev–Trinajstić information content (AvgIpc) is 2.50. The van der Waals surface area contributed by atoms with Crippen molar-refractivity contribution in [3.8, 4) is 11.4 Å². The molecule has 2 rings (SSSR count). The van der Waals surface area contributed by atoms with Gasteiger partial charge in [0.25, 0.3) is 5.56 Å². The molecule has 2 aliphatic heterocycles. The quantitative estimate of drug-likeness (QED) is 0.527. The van der Waals surface area contributed by atoms with E-state index in [-0.39, 0.29) is 5.56 Å². The zero-order valence-electron chi connectivity index (χ0n) is 7.24. The maximum absolute atomic E-state index is 11.2. The number of aromatic amines is 1. The molecule has 5 nitrogen and oxygen atoms in total. The van der Waals surface area contributed by atoms with Gasteiger partial charge >= 0.3 is 0 Å². The van der Waals surface area contributed by atoms with E-state index in [1.165, 1.54) is 11.8 Å². The first kappa shape index (κ1) is 8.31. The minimum Gasteiger partial charge on any atom is -0.306 e. The van der Waals surface area contributed by atoms with Gasteiger partial charge in [-0.1, -0.05) is 11.8 Å². The first-order valence-corrected chi connectivity index (χ1v) is 4.90. The van der Waals surface area contributed by atoms with E-state index >= 15 is 0 Å². The summed E-state index contributed by atoms with van der Waals surface area (Å²) in [6, 6.07) is 0. The third-order valence-corrected chi connectivity index (χ3v) is 2.58. The largest absolute Gasteiger partial charge is 0.306 e. The highest BCUT2D eigenvalue weighted by Crippen LogP contribution is 2.18. The number of hydrogen-bond acceptors (Lipinski definition) is 4. The lowest BCUT2D eigenvalue weighted by molar-refractivity contribution is 0.730. The topological polar surface area (TPSA) is 63.6 Å². The SMILES string of the molecule is CSc1ncc2c(=O)[nH]nc-2n1C. The summed E-state index contributed by atoms with van der Waals surface area (Å²) in [6.45, 7) is 0. The van der Waals surface area contributed by atoms with Crippen LogP contribution in [0.15, 0.2) is 16.1 Å². The fraction of sp³-hybridized carbons (Fsp3) is 0.286. The normalized spacial score (nSPS) is 10.9. The third kappa shape index (κ3) is 1.14. The molecule has 0 radical (unpaired) electrons. The van der Waals surface area contributed by atoms with E-state index in [9.17, 15) is 4.79 Å². The molecule has 0 fully saturated rings. The van der Waals surface area contributed by atoms with Gasteiger partial charge in [0, 0.05) is 13.2 Å². The molecule has 0 saturated heterocycles. The molecule has 0 amide bonds. The van der Waals surface area contributed by atoms with Gasteiger partial charge in [-0.25, -0.2) is 10.1 Å². The molecule has 0 unspecified atom stereocenters. The van der Waals surface area contributed by atoms with E-state index in [0.29, 0.717) is 11.4 Å². The Morgan fingerprint density at radius 1 is 1.62 bits per heavy atom. The van der Waals surface area contributed by atoms with Crippen molar-refractivity contribution in [2.75, 3.05) is 6.26 Å². The van der Waals surface area contributed by atoms with Gasteiger partial charge in [-0.2, -0.15) is 5.10 Å². The van der Waals surface area contributed by atoms with Crippen LogP contribution in [0.4, 0.5) is 0 Å². The summed E-state index contributed by atoms with van der Waals surface area (Å²) in [4.78, 5) is 15.3. The van der Waals surface area contributed by atoms with Gasteiger partial charge in [0.2, 0.25) is 0 Å². The van der Waals surface area contributed by atoms with Crippen LogP contribution in [0.1, 0.15) is 0 Å². The summed E-state index contributed by atoms with van der Waals surface area (Å²) in [5.74, 6) is 0.643. The second-order valence-corrected chi connectivity index (χ2v) is 3.37. The number of thioether (sulfide) groups is 1. The number of fused-ring (bicyclic) bond motifs is 1. The highest BCUT2D eigenvalue weighted by Gasteiger charge is 2.14. The molecule has 0 aliphatic carbocycles. The number of hydrogen-bond donors (Lipinski definition) is 1. The summed E-state index contributed by atoms with van der Waals surface area (Å²) in [6.07, 6.45) is 3.48. The Balaban J connectivity index is 2.79. The van der Waals surface area contributed by atoms with Gasteiger partial charge in [-0.3, -0.25) is 4.79 Å². The monoisotopic (exact) mass is 196 g/mol. The Morgan fingerprint density at radius 3 is 3.08 bits per heavy atom. The average molecular weight is 196 g/mol. The van der Waals surface area contributed by atoms with E-state index in [0.717, 1.165) is 5.16 Å². The number of H-pyrrole nitrogens is 1. The molecular weight excluding hydrogens is 188 g/mol. The van der Waals surface area contributed by atoms with Gasteiger partial charge in [0.1, 0.15) is 5.56 Å². The molecule has 0 aromatic heterocycles. The van der Waals surface area contributed by atoms with Crippen molar-refractivity contribution < 1.29 is 0 Å². The molecule has 2 aliphatic rings. The second kappa shape index (κ2) is 2.88. The van der Waals surface area contributed by atoms with Crippen LogP contribution in [-0.2, 0) is 7.05 Å². The minimum absolute atomic E-state index is 0.189. The van der Waals surface area contributed by atoms with Crippen LogP contribution in [0.25, 0.3) is 11.4 Å². The van der Waals surface area contributed by atoms with E-state index in [1.54, 1.807) is 10.8 Å². The number of aromatic nitrogens is 4. The molecule has 68 valence electrons. The van der Waals surface area contributed by atoms with Crippen molar-refractivity contribution in [3.63, 3.8) is 0 Å². The van der Waals surface area contributed by atoms with Crippen molar-refractivity contribution in [3.05, 3.63) is 16.6 Å². The minimum atomic E-state index is -0.189. The molecule has 0 saturated carbocycles. The van der Waals surface area contributed by atoms with Crippen LogP contribution in [0.3, 0.4) is 0 Å². The predicted octanol–water partition coefficient (Wildman–Crippen LogP) is 0.330. The van der Waals surface area contributed by atoms with E-state index < -0.39 is 0 Å². The van der Waals surface area contributed by atoms with Crippen LogP contribution in [0.2, 0.25) is 0 Å². The molecule has 13 heavy (non-hydrogen) atoms. The van der Waals surface area contributed by atoms with Crippen molar-refractivity contribution in [1.29, 1.82) is 0 Å². The Labute approximate surface area is 78.5 Å². The van der Waals surface area contributed by atoms with E-state index in [1.807, 2.05) is 13.3 Å². The lowest BCUT2D eigenvalue weighted by atomic mass is 10.3. The zero-order valence-corrected chi connectivity index (χ0v) is 8.05. The van der Waals surface area contributed by atoms with E-state index in [2.05, 4.69) is 15.2 Å². The van der Waals surface area contributed by atoms with Gasteiger partial charge in [0.05, 0.1) is 0 Å². The Morgan fingerprint density at radius 2 is 2.38 bits per heavy atom. The van der Waals surface area contributed by atoms with Gasteiger partial charge in [0.15, 0.2) is 11.0 Å². The predicted molar refractivity (Wildman–Crippen MR) is 50.0 cm³/mol. The van der Waals surface area contributed by atoms with Crippen LogP contribution >= 0.6 is 11.8 Å². The lowest BCUT2D eigenvalue weighted by Gasteiger charge is -2.07. The summed E-state index contributed by atoms with van der Waals surface area (Å²) < 4.78 is 1.79. The highest BCUT2D eigenvalue weighted by molar-refractivity contribution is 7.98. The van der Waals surface area contributed by atoms with Gasteiger partial charge < -0.3 is 4.57 Å². The number of nitrogens with one attached hydrogen (secondary N) is 1. The van der Waals surface area contributed by atoms with Crippen molar-refractivity contribution >= 4 is 11.8 Å². The van der Waals surface area contributed by atoms with Crippen molar-refractivity contribution in [2.45, 2.75) is 5.16 Å². The van der Waals surface area contributed by atoms with Crippen LogP contribution in [-0.4, -0.2) is 26.0 Å². The Bertz CT molecular complexity index is 460. The van der Waals surface area contributed by atoms with Crippen molar-refractivity contribution in [1.82, 2.24) is 19.7 Å². The first-order chi connectivity index (χ1) is 6.24. The molecule has 0 aromatic rings. The molecule has 0 aromatic carbocycles. The van der Waals surface area contributed by atoms with Gasteiger partial charge in [-0.05, 0) is 6.26 Å². The summed E-state index contributed by atoms with van der Waals surface area (Å²) in [5, 5.41) is 7.12. The molecular formula is C7H8N4OS. The molecule has 6 heteroatoms.